The first-order chi connectivity index (χ1) is 5.97. The van der Waals surface area contributed by atoms with Crippen LogP contribution in [-0.2, 0) is 0 Å². The van der Waals surface area contributed by atoms with Gasteiger partial charge in [-0.15, -0.1) is 0 Å². The first-order valence-electron chi connectivity index (χ1n) is 4.07. The maximum absolute atomic E-state index is 2.12. The molecule has 0 amide bonds. The van der Waals surface area contributed by atoms with Crippen LogP contribution in [0.2, 0.25) is 0 Å². The molecule has 2 aromatic rings. The molecule has 2 rings (SSSR count). The van der Waals surface area contributed by atoms with Crippen LogP contribution in [0.25, 0.3) is 11.1 Å². The van der Waals surface area contributed by atoms with Crippen molar-refractivity contribution < 1.29 is 0 Å². The van der Waals surface area contributed by atoms with Crippen LogP contribution < -0.4 is 0 Å². The van der Waals surface area contributed by atoms with Crippen LogP contribution >= 0.6 is 0 Å². The summed E-state index contributed by atoms with van der Waals surface area (Å²) in [5.74, 6) is 0. The zero-order valence-corrected chi connectivity index (χ0v) is 10.7. The molecule has 13 heavy (non-hydrogen) atoms. The van der Waals surface area contributed by atoms with Gasteiger partial charge in [0.25, 0.3) is 0 Å². The molecule has 2 aromatic carbocycles. The molecule has 1 heteroatoms. The van der Waals surface area contributed by atoms with E-state index in [4.69, 9.17) is 0 Å². The number of hydrogen-bond donors (Lipinski definition) is 0. The molecule has 3 radical (unpaired) electrons. The van der Waals surface area contributed by atoms with Crippen LogP contribution in [0, 0.1) is 0 Å². The van der Waals surface area contributed by atoms with Gasteiger partial charge in [-0.05, 0) is 11.1 Å². The SMILES string of the molecule is [Bi].c1ccc(-c2ccccc2)cc1. The minimum absolute atomic E-state index is 0. The summed E-state index contributed by atoms with van der Waals surface area (Å²) in [5, 5.41) is 0. The molecule has 0 saturated carbocycles. The second-order valence-corrected chi connectivity index (χ2v) is 2.73. The Bertz CT molecular complexity index is 303. The maximum atomic E-state index is 2.12. The fraction of sp³-hybridized carbons (Fsp3) is 0. The Morgan fingerprint density at radius 2 is 0.769 bits per heavy atom. The van der Waals surface area contributed by atoms with Crippen molar-refractivity contribution in [1.29, 1.82) is 0 Å². The van der Waals surface area contributed by atoms with Crippen LogP contribution in [-0.4, -0.2) is 26.2 Å². The van der Waals surface area contributed by atoms with Crippen molar-refractivity contribution in [3.05, 3.63) is 60.7 Å². The summed E-state index contributed by atoms with van der Waals surface area (Å²) in [7, 11) is 0. The zero-order chi connectivity index (χ0) is 8.23. The first kappa shape index (κ1) is 10.4. The van der Waals surface area contributed by atoms with Gasteiger partial charge in [0.1, 0.15) is 0 Å². The van der Waals surface area contributed by atoms with Gasteiger partial charge in [0.05, 0.1) is 0 Å². The van der Waals surface area contributed by atoms with Crippen LogP contribution in [0.4, 0.5) is 0 Å². The maximum Gasteiger partial charge on any atom is 0 e. The molecule has 0 N–H and O–H groups in total. The van der Waals surface area contributed by atoms with E-state index in [2.05, 4.69) is 48.5 Å². The van der Waals surface area contributed by atoms with E-state index in [1.165, 1.54) is 11.1 Å². The van der Waals surface area contributed by atoms with Gasteiger partial charge in [0, 0.05) is 26.2 Å². The summed E-state index contributed by atoms with van der Waals surface area (Å²) in [4.78, 5) is 0. The van der Waals surface area contributed by atoms with Crippen LogP contribution in [0.5, 0.6) is 0 Å². The van der Waals surface area contributed by atoms with E-state index in [0.29, 0.717) is 0 Å². The van der Waals surface area contributed by atoms with E-state index in [0.717, 1.165) is 0 Å². The third-order valence-electron chi connectivity index (χ3n) is 1.88. The molecule has 0 unspecified atom stereocenters. The van der Waals surface area contributed by atoms with Crippen LogP contribution in [0.3, 0.4) is 0 Å². The van der Waals surface area contributed by atoms with Crippen molar-refractivity contribution in [2.45, 2.75) is 0 Å². The summed E-state index contributed by atoms with van der Waals surface area (Å²) in [6.07, 6.45) is 0. The molecule has 0 nitrogen and oxygen atoms in total. The van der Waals surface area contributed by atoms with E-state index < -0.39 is 0 Å². The zero-order valence-electron chi connectivity index (χ0n) is 7.22. The molecule has 0 spiro atoms. The fourth-order valence-electron chi connectivity index (χ4n) is 1.26. The Morgan fingerprint density at radius 3 is 1.08 bits per heavy atom. The number of hydrogen-bond acceptors (Lipinski definition) is 0. The molecule has 0 aliphatic heterocycles. The summed E-state index contributed by atoms with van der Waals surface area (Å²) >= 11 is 0. The van der Waals surface area contributed by atoms with E-state index in [1.807, 2.05) is 12.1 Å². The second-order valence-electron chi connectivity index (χ2n) is 2.73. The fourth-order valence-corrected chi connectivity index (χ4v) is 1.26. The van der Waals surface area contributed by atoms with Crippen molar-refractivity contribution in [3.63, 3.8) is 0 Å². The van der Waals surface area contributed by atoms with E-state index in [-0.39, 0.29) is 26.2 Å². The Hall–Kier alpha value is -0.677. The molecule has 0 aliphatic carbocycles. The minimum Gasteiger partial charge on any atom is -0.0622 e. The van der Waals surface area contributed by atoms with Gasteiger partial charge < -0.3 is 0 Å². The molecular formula is C12H10Bi. The molecule has 0 atom stereocenters. The summed E-state index contributed by atoms with van der Waals surface area (Å²) in [6.45, 7) is 0. The summed E-state index contributed by atoms with van der Waals surface area (Å²) in [5.41, 5.74) is 2.55. The van der Waals surface area contributed by atoms with Gasteiger partial charge in [-0.25, -0.2) is 0 Å². The van der Waals surface area contributed by atoms with Gasteiger partial charge in [-0.3, -0.25) is 0 Å². The van der Waals surface area contributed by atoms with Gasteiger partial charge >= 0.3 is 0 Å². The van der Waals surface area contributed by atoms with Crippen molar-refractivity contribution in [2.75, 3.05) is 0 Å². The van der Waals surface area contributed by atoms with E-state index >= 15 is 0 Å². The Labute approximate surface area is 97.7 Å². The van der Waals surface area contributed by atoms with Gasteiger partial charge in [0.15, 0.2) is 0 Å². The Balaban J connectivity index is 0.000000845. The quantitative estimate of drug-likeness (QED) is 0.684. The van der Waals surface area contributed by atoms with Gasteiger partial charge in [0.2, 0.25) is 0 Å². The molecular weight excluding hydrogens is 353 g/mol. The molecule has 0 aliphatic rings. The predicted octanol–water partition coefficient (Wildman–Crippen LogP) is 2.97. The standard InChI is InChI=1S/C12H10.Bi/c1-3-7-11(8-4-1)12-9-5-2-6-10-12;/h1-10H;. The molecule has 0 fully saturated rings. The van der Waals surface area contributed by atoms with Crippen molar-refractivity contribution >= 4 is 26.2 Å². The molecule has 0 heterocycles. The third kappa shape index (κ3) is 2.64. The van der Waals surface area contributed by atoms with Gasteiger partial charge in [-0.2, -0.15) is 0 Å². The molecule has 63 valence electrons. The van der Waals surface area contributed by atoms with Gasteiger partial charge in [-0.1, -0.05) is 60.7 Å². The summed E-state index contributed by atoms with van der Waals surface area (Å²) < 4.78 is 0. The van der Waals surface area contributed by atoms with Crippen molar-refractivity contribution in [2.24, 2.45) is 0 Å². The van der Waals surface area contributed by atoms with E-state index in [1.54, 1.807) is 0 Å². The second kappa shape index (κ2) is 5.14. The predicted molar refractivity (Wildman–Crippen MR) is 57.6 cm³/mol. The normalized spacial score (nSPS) is 8.92. The van der Waals surface area contributed by atoms with Crippen molar-refractivity contribution in [3.8, 4) is 11.1 Å². The monoisotopic (exact) mass is 363 g/mol. The average Bonchev–Trinajstić information content (AvgIpc) is 2.21. The third-order valence-corrected chi connectivity index (χ3v) is 1.88. The molecule has 0 bridgehead atoms. The van der Waals surface area contributed by atoms with E-state index in [9.17, 15) is 0 Å². The summed E-state index contributed by atoms with van der Waals surface area (Å²) in [6, 6.07) is 20.8. The molecule has 0 aromatic heterocycles. The molecule has 0 saturated heterocycles. The first-order valence-corrected chi connectivity index (χ1v) is 4.07. The Morgan fingerprint density at radius 1 is 0.462 bits per heavy atom. The van der Waals surface area contributed by atoms with Crippen molar-refractivity contribution in [1.82, 2.24) is 0 Å². The number of rotatable bonds is 1. The van der Waals surface area contributed by atoms with Crippen LogP contribution in [0.1, 0.15) is 0 Å². The topological polar surface area (TPSA) is 0 Å². The number of benzene rings is 2. The minimum atomic E-state index is 0. The average molecular weight is 363 g/mol. The largest absolute Gasteiger partial charge is 0.0622 e. The smallest absolute Gasteiger partial charge is 0 e. The Kier molecular flexibility index (Phi) is 4.11. The van der Waals surface area contributed by atoms with Crippen LogP contribution in [0.15, 0.2) is 60.7 Å².